The van der Waals surface area contributed by atoms with E-state index in [1.165, 1.54) is 0 Å². The fourth-order valence-electron chi connectivity index (χ4n) is 4.10. The molecule has 0 radical (unpaired) electrons. The average Bonchev–Trinajstić information content (AvgIpc) is 3.52. The van der Waals surface area contributed by atoms with Crippen LogP contribution < -0.4 is 11.2 Å². The number of ether oxygens (including phenoxy) is 2. The zero-order valence-electron chi connectivity index (χ0n) is 18.8. The van der Waals surface area contributed by atoms with Crippen LogP contribution in [0.5, 0.6) is 0 Å². The zero-order chi connectivity index (χ0) is 25.1. The number of halogens is 1. The number of pyridine rings is 1. The Hall–Kier alpha value is -1.99. The summed E-state index contributed by atoms with van der Waals surface area (Å²) in [6.07, 6.45) is -4.12. The van der Waals surface area contributed by atoms with E-state index in [0.29, 0.717) is 6.07 Å². The first-order valence-electron chi connectivity index (χ1n) is 10.9. The van der Waals surface area contributed by atoms with Gasteiger partial charge in [-0.3, -0.25) is 13.9 Å². The molecule has 0 aromatic carbocycles. The number of hydrogen-bond donors (Lipinski definition) is 4. The number of aliphatic hydroxyl groups is 2. The molecule has 4 rings (SSSR count). The van der Waals surface area contributed by atoms with Gasteiger partial charge in [-0.15, -0.1) is 0 Å². The standard InChI is InChI=1S/C20H27FN3O9P/c1-4-19(3,33-34(29,30)20(5-2)9-31-20)7-12-14(26)15(27)17(32-12)24-8-10-11(21)6-13(25)22-16(10)23-18(24)28/h6,8,12,14-15,17,26-27H,4-5,7,9H2,1-3H3,(H,29,30)(H,22,23,25,28). The van der Waals surface area contributed by atoms with Crippen molar-refractivity contribution in [2.75, 3.05) is 6.61 Å². The number of aliphatic hydroxyl groups excluding tert-OH is 2. The maximum atomic E-state index is 14.2. The van der Waals surface area contributed by atoms with Crippen molar-refractivity contribution < 1.29 is 38.1 Å². The molecule has 4 heterocycles. The summed E-state index contributed by atoms with van der Waals surface area (Å²) in [5.74, 6) is -0.928. The summed E-state index contributed by atoms with van der Waals surface area (Å²) in [5, 5.41) is 19.8. The van der Waals surface area contributed by atoms with Crippen molar-refractivity contribution in [3.05, 3.63) is 38.9 Å². The van der Waals surface area contributed by atoms with Crippen LogP contribution in [0, 0.1) is 5.82 Å². The van der Waals surface area contributed by atoms with Crippen LogP contribution in [0.2, 0.25) is 0 Å². The van der Waals surface area contributed by atoms with E-state index in [9.17, 15) is 33.7 Å². The largest absolute Gasteiger partial charge is 0.388 e. The molecular weight excluding hydrogens is 476 g/mol. The molecule has 34 heavy (non-hydrogen) atoms. The highest BCUT2D eigenvalue weighted by molar-refractivity contribution is 7.54. The third kappa shape index (κ3) is 4.26. The van der Waals surface area contributed by atoms with E-state index in [4.69, 9.17) is 14.0 Å². The molecule has 7 atom stereocenters. The third-order valence-electron chi connectivity index (χ3n) is 6.59. The molecule has 12 nitrogen and oxygen atoms in total. The predicted octanol–water partition coefficient (Wildman–Crippen LogP) is 0.740. The van der Waals surface area contributed by atoms with E-state index in [1.54, 1.807) is 20.8 Å². The Morgan fingerprint density at radius 3 is 2.65 bits per heavy atom. The first kappa shape index (κ1) is 25.1. The lowest BCUT2D eigenvalue weighted by atomic mass is 9.93. The van der Waals surface area contributed by atoms with E-state index in [2.05, 4.69) is 9.97 Å². The summed E-state index contributed by atoms with van der Waals surface area (Å²) in [6.45, 7) is 5.11. The van der Waals surface area contributed by atoms with Crippen LogP contribution in [0.25, 0.3) is 11.0 Å². The Morgan fingerprint density at radius 2 is 2.06 bits per heavy atom. The highest BCUT2D eigenvalue weighted by Gasteiger charge is 2.61. The van der Waals surface area contributed by atoms with Gasteiger partial charge in [0.15, 0.2) is 11.6 Å². The molecule has 7 unspecified atom stereocenters. The van der Waals surface area contributed by atoms with E-state index < -0.39 is 60.1 Å². The van der Waals surface area contributed by atoms with Crippen LogP contribution in [-0.4, -0.2) is 65.5 Å². The van der Waals surface area contributed by atoms with Crippen molar-refractivity contribution in [2.24, 2.45) is 0 Å². The molecular formula is C20H27FN3O9P. The molecule has 0 saturated carbocycles. The second-order valence-corrected chi connectivity index (χ2v) is 11.0. The number of aromatic amines is 1. The Balaban J connectivity index is 1.59. The second kappa shape index (κ2) is 8.59. The summed E-state index contributed by atoms with van der Waals surface area (Å²) in [6, 6.07) is 0.687. The smallest absolute Gasteiger partial charge is 0.362 e. The molecule has 0 amide bonds. The number of nitrogens with zero attached hydrogens (tertiary/aromatic N) is 2. The monoisotopic (exact) mass is 503 g/mol. The quantitative estimate of drug-likeness (QED) is 0.297. The van der Waals surface area contributed by atoms with Gasteiger partial charge in [-0.1, -0.05) is 13.8 Å². The van der Waals surface area contributed by atoms with Crippen molar-refractivity contribution in [2.45, 2.75) is 75.5 Å². The van der Waals surface area contributed by atoms with E-state index in [0.717, 1.165) is 10.8 Å². The van der Waals surface area contributed by atoms with Crippen LogP contribution in [0.4, 0.5) is 4.39 Å². The first-order chi connectivity index (χ1) is 15.8. The maximum Gasteiger partial charge on any atom is 0.362 e. The third-order valence-corrected chi connectivity index (χ3v) is 8.88. The highest BCUT2D eigenvalue weighted by atomic mass is 31.2. The van der Waals surface area contributed by atoms with Crippen LogP contribution in [0.15, 0.2) is 21.9 Å². The molecule has 2 aliphatic heterocycles. The minimum atomic E-state index is -4.19. The van der Waals surface area contributed by atoms with Gasteiger partial charge in [0.25, 0.3) is 5.56 Å². The number of nitrogens with one attached hydrogen (secondary N) is 1. The summed E-state index contributed by atoms with van der Waals surface area (Å²) in [7, 11) is -4.19. The van der Waals surface area contributed by atoms with E-state index in [-0.39, 0.29) is 36.9 Å². The molecule has 0 spiro atoms. The van der Waals surface area contributed by atoms with Gasteiger partial charge >= 0.3 is 13.3 Å². The number of rotatable bonds is 8. The minimum absolute atomic E-state index is 0.0972. The van der Waals surface area contributed by atoms with Gasteiger partial charge in [0.1, 0.15) is 23.7 Å². The summed E-state index contributed by atoms with van der Waals surface area (Å²) in [4.78, 5) is 40.4. The van der Waals surface area contributed by atoms with Gasteiger partial charge in [-0.05, 0) is 19.8 Å². The molecule has 0 aliphatic carbocycles. The van der Waals surface area contributed by atoms with Crippen molar-refractivity contribution in [3.8, 4) is 0 Å². The number of H-pyrrole nitrogens is 1. The Morgan fingerprint density at radius 1 is 1.38 bits per heavy atom. The average molecular weight is 503 g/mol. The molecule has 2 aromatic heterocycles. The fourth-order valence-corrected chi connectivity index (χ4v) is 5.86. The van der Waals surface area contributed by atoms with Crippen LogP contribution in [0.1, 0.15) is 46.3 Å². The summed E-state index contributed by atoms with van der Waals surface area (Å²) >= 11 is 0. The second-order valence-electron chi connectivity index (χ2n) is 8.93. The van der Waals surface area contributed by atoms with Crippen molar-refractivity contribution >= 4 is 18.6 Å². The molecule has 188 valence electrons. The number of hydrogen-bond acceptors (Lipinski definition) is 9. The lowest BCUT2D eigenvalue weighted by Crippen LogP contribution is -2.39. The van der Waals surface area contributed by atoms with Crippen molar-refractivity contribution in [1.82, 2.24) is 14.5 Å². The molecule has 14 heteroatoms. The minimum Gasteiger partial charge on any atom is -0.388 e. The Labute approximate surface area is 192 Å². The van der Waals surface area contributed by atoms with Gasteiger partial charge in [-0.25, -0.2) is 9.18 Å². The maximum absolute atomic E-state index is 14.2. The predicted molar refractivity (Wildman–Crippen MR) is 116 cm³/mol. The van der Waals surface area contributed by atoms with Gasteiger partial charge in [0, 0.05) is 18.7 Å². The topological polar surface area (TPSA) is 176 Å². The molecule has 2 saturated heterocycles. The number of fused-ring (bicyclic) bond motifs is 1. The summed E-state index contributed by atoms with van der Waals surface area (Å²) < 4.78 is 44.5. The lowest BCUT2D eigenvalue weighted by Gasteiger charge is -2.34. The Kier molecular flexibility index (Phi) is 6.35. The lowest BCUT2D eigenvalue weighted by molar-refractivity contribution is -0.0686. The molecule has 0 bridgehead atoms. The first-order valence-corrected chi connectivity index (χ1v) is 12.4. The van der Waals surface area contributed by atoms with Crippen LogP contribution in [0.3, 0.4) is 0 Å². The normalized spacial score (nSPS) is 32.4. The molecule has 2 aliphatic rings. The molecule has 2 aromatic rings. The zero-order valence-corrected chi connectivity index (χ0v) is 19.7. The fraction of sp³-hybridized carbons (Fsp3) is 0.650. The van der Waals surface area contributed by atoms with Gasteiger partial charge in [0.2, 0.25) is 0 Å². The van der Waals surface area contributed by atoms with Crippen LogP contribution in [-0.2, 0) is 18.6 Å². The highest BCUT2D eigenvalue weighted by Crippen LogP contribution is 2.66. The van der Waals surface area contributed by atoms with Gasteiger partial charge in [-0.2, -0.15) is 4.98 Å². The van der Waals surface area contributed by atoms with Crippen molar-refractivity contribution in [3.63, 3.8) is 0 Å². The number of epoxide rings is 1. The van der Waals surface area contributed by atoms with E-state index in [1.807, 2.05) is 0 Å². The molecule has 4 N–H and O–H groups in total. The number of aromatic nitrogens is 3. The molecule has 2 fully saturated rings. The van der Waals surface area contributed by atoms with Gasteiger partial charge in [0.05, 0.1) is 23.7 Å². The summed E-state index contributed by atoms with van der Waals surface area (Å²) in [5.41, 5.74) is -3.23. The van der Waals surface area contributed by atoms with Crippen LogP contribution >= 0.6 is 7.60 Å². The SMILES string of the molecule is CCC(C)(CC1OC(n2cc3c(F)cc(=O)[nH]c3nc2=O)C(O)C1O)OP(=O)(O)C1(CC)CO1. The Bertz CT molecular complexity index is 1260. The van der Waals surface area contributed by atoms with E-state index >= 15 is 0 Å². The van der Waals surface area contributed by atoms with Gasteiger partial charge < -0.3 is 34.1 Å². The van der Waals surface area contributed by atoms with Crippen molar-refractivity contribution in [1.29, 1.82) is 0 Å².